The molecule has 0 fully saturated rings. The number of rotatable bonds is 3. The molecule has 0 radical (unpaired) electrons. The molecule has 3 rings (SSSR count). The van der Waals surface area contributed by atoms with E-state index in [1.807, 2.05) is 36.6 Å². The van der Waals surface area contributed by atoms with Gasteiger partial charge >= 0.3 is 0 Å². The molecule has 0 aliphatic carbocycles. The van der Waals surface area contributed by atoms with E-state index in [0.29, 0.717) is 0 Å². The second kappa shape index (κ2) is 5.58. The lowest BCUT2D eigenvalue weighted by atomic mass is 10.2. The third-order valence-electron chi connectivity index (χ3n) is 2.31. The lowest BCUT2D eigenvalue weighted by Gasteiger charge is -1.95. The molecule has 1 aromatic carbocycles. The van der Waals surface area contributed by atoms with Crippen LogP contribution in [-0.4, -0.2) is 15.2 Å². The van der Waals surface area contributed by atoms with Gasteiger partial charge in [0.1, 0.15) is 5.01 Å². The topological polar surface area (TPSA) is 38.7 Å². The molecule has 19 heavy (non-hydrogen) atoms. The molecular formula is C12H8ClN3S3. The van der Waals surface area contributed by atoms with Crippen molar-refractivity contribution in [1.29, 1.82) is 0 Å². The fourth-order valence-electron chi connectivity index (χ4n) is 1.45. The van der Waals surface area contributed by atoms with Gasteiger partial charge in [0.25, 0.3) is 0 Å². The average Bonchev–Trinajstić information content (AvgIpc) is 3.00. The fourth-order valence-corrected chi connectivity index (χ4v) is 4.42. The Bertz CT molecular complexity index is 690. The summed E-state index contributed by atoms with van der Waals surface area (Å²) >= 11 is 10.6. The number of nitrogens with zero attached hydrogens (tertiary/aromatic N) is 3. The number of benzene rings is 1. The third kappa shape index (κ3) is 3.14. The van der Waals surface area contributed by atoms with Crippen LogP contribution < -0.4 is 0 Å². The van der Waals surface area contributed by atoms with E-state index in [1.54, 1.807) is 34.4 Å². The summed E-state index contributed by atoms with van der Waals surface area (Å²) < 4.78 is 1.90. The molecule has 3 nitrogen and oxygen atoms in total. The minimum atomic E-state index is 0.734. The van der Waals surface area contributed by atoms with Crippen molar-refractivity contribution in [2.75, 3.05) is 0 Å². The first-order chi connectivity index (χ1) is 9.20. The maximum atomic E-state index is 5.88. The first-order valence-electron chi connectivity index (χ1n) is 5.40. The number of aryl methyl sites for hydroxylation is 1. The Kier molecular flexibility index (Phi) is 3.83. The summed E-state index contributed by atoms with van der Waals surface area (Å²) in [5.74, 6) is 0. The van der Waals surface area contributed by atoms with Crippen LogP contribution in [0, 0.1) is 6.92 Å². The highest BCUT2D eigenvalue weighted by molar-refractivity contribution is 8.02. The van der Waals surface area contributed by atoms with Crippen molar-refractivity contribution in [3.63, 3.8) is 0 Å². The Morgan fingerprint density at radius 1 is 1.11 bits per heavy atom. The Labute approximate surface area is 127 Å². The van der Waals surface area contributed by atoms with Crippen molar-refractivity contribution in [2.24, 2.45) is 0 Å². The van der Waals surface area contributed by atoms with Gasteiger partial charge in [-0.05, 0) is 30.8 Å². The summed E-state index contributed by atoms with van der Waals surface area (Å²) in [5.41, 5.74) is 2.03. The molecule has 7 heteroatoms. The lowest BCUT2D eigenvalue weighted by Crippen LogP contribution is -1.77. The molecular weight excluding hydrogens is 318 g/mol. The standard InChI is InChI=1S/C12H8ClN3S3/c1-7-15-16-12(18-7)19-11-14-10(6-17-11)8-2-4-9(13)5-3-8/h2-6H,1H3. The van der Waals surface area contributed by atoms with Crippen molar-refractivity contribution in [1.82, 2.24) is 15.2 Å². The van der Waals surface area contributed by atoms with Crippen LogP contribution >= 0.6 is 46.0 Å². The van der Waals surface area contributed by atoms with Gasteiger partial charge in [-0.25, -0.2) is 4.98 Å². The van der Waals surface area contributed by atoms with Crippen molar-refractivity contribution in [2.45, 2.75) is 15.6 Å². The third-order valence-corrected chi connectivity index (χ3v) is 5.39. The van der Waals surface area contributed by atoms with Gasteiger partial charge < -0.3 is 0 Å². The van der Waals surface area contributed by atoms with Crippen LogP contribution in [-0.2, 0) is 0 Å². The van der Waals surface area contributed by atoms with Gasteiger partial charge in [-0.3, -0.25) is 0 Å². The smallest absolute Gasteiger partial charge is 0.181 e. The summed E-state index contributed by atoms with van der Waals surface area (Å²) in [4.78, 5) is 4.59. The first kappa shape index (κ1) is 13.1. The van der Waals surface area contributed by atoms with Gasteiger partial charge in [-0.2, -0.15) is 0 Å². The van der Waals surface area contributed by atoms with Crippen molar-refractivity contribution in [3.8, 4) is 11.3 Å². The largest absolute Gasteiger partial charge is 0.229 e. The summed E-state index contributed by atoms with van der Waals surface area (Å²) in [6.07, 6.45) is 0. The van der Waals surface area contributed by atoms with Gasteiger partial charge in [-0.1, -0.05) is 35.1 Å². The highest BCUT2D eigenvalue weighted by Gasteiger charge is 2.09. The summed E-state index contributed by atoms with van der Waals surface area (Å²) in [6, 6.07) is 7.69. The summed E-state index contributed by atoms with van der Waals surface area (Å²) in [6.45, 7) is 1.95. The molecule has 0 N–H and O–H groups in total. The van der Waals surface area contributed by atoms with Gasteiger partial charge in [0.05, 0.1) is 5.69 Å². The van der Waals surface area contributed by atoms with E-state index >= 15 is 0 Å². The zero-order chi connectivity index (χ0) is 13.2. The number of halogens is 1. The van der Waals surface area contributed by atoms with E-state index in [9.17, 15) is 0 Å². The number of aromatic nitrogens is 3. The second-order valence-electron chi connectivity index (χ2n) is 3.69. The zero-order valence-corrected chi connectivity index (χ0v) is 13.0. The van der Waals surface area contributed by atoms with Gasteiger partial charge in [0.2, 0.25) is 0 Å². The maximum Gasteiger partial charge on any atom is 0.181 e. The molecule has 2 aromatic heterocycles. The van der Waals surface area contributed by atoms with E-state index in [0.717, 1.165) is 30.0 Å². The van der Waals surface area contributed by atoms with Gasteiger partial charge in [-0.15, -0.1) is 21.5 Å². The van der Waals surface area contributed by atoms with Crippen molar-refractivity contribution < 1.29 is 0 Å². The maximum absolute atomic E-state index is 5.88. The van der Waals surface area contributed by atoms with E-state index in [1.165, 1.54) is 0 Å². The fraction of sp³-hybridized carbons (Fsp3) is 0.0833. The van der Waals surface area contributed by atoms with Crippen LogP contribution in [0.2, 0.25) is 5.02 Å². The van der Waals surface area contributed by atoms with Crippen LogP contribution in [0.1, 0.15) is 5.01 Å². The Morgan fingerprint density at radius 3 is 2.58 bits per heavy atom. The van der Waals surface area contributed by atoms with Crippen molar-refractivity contribution >= 4 is 46.0 Å². The van der Waals surface area contributed by atoms with Crippen LogP contribution in [0.3, 0.4) is 0 Å². The molecule has 0 saturated heterocycles. The van der Waals surface area contributed by atoms with Gasteiger partial charge in [0.15, 0.2) is 8.68 Å². The number of hydrogen-bond acceptors (Lipinski definition) is 6. The first-order valence-corrected chi connectivity index (χ1v) is 8.29. The Morgan fingerprint density at radius 2 is 1.89 bits per heavy atom. The van der Waals surface area contributed by atoms with Gasteiger partial charge in [0, 0.05) is 16.0 Å². The van der Waals surface area contributed by atoms with E-state index in [-0.39, 0.29) is 0 Å². The Hall–Kier alpha value is -0.950. The van der Waals surface area contributed by atoms with E-state index in [2.05, 4.69) is 15.2 Å². The predicted octanol–water partition coefficient (Wildman–Crippen LogP) is 4.77. The summed E-state index contributed by atoms with van der Waals surface area (Å²) in [5, 5.41) is 11.8. The second-order valence-corrected chi connectivity index (χ2v) is 7.67. The molecule has 3 aromatic rings. The van der Waals surface area contributed by atoms with Crippen LogP contribution in [0.5, 0.6) is 0 Å². The lowest BCUT2D eigenvalue weighted by molar-refractivity contribution is 0.983. The molecule has 0 aliphatic heterocycles. The molecule has 96 valence electrons. The van der Waals surface area contributed by atoms with Crippen LogP contribution in [0.25, 0.3) is 11.3 Å². The molecule has 2 heterocycles. The number of thiazole rings is 1. The minimum Gasteiger partial charge on any atom is -0.229 e. The molecule has 0 spiro atoms. The summed E-state index contributed by atoms with van der Waals surface area (Å²) in [7, 11) is 0. The quantitative estimate of drug-likeness (QED) is 0.695. The minimum absolute atomic E-state index is 0.734. The predicted molar refractivity (Wildman–Crippen MR) is 81.3 cm³/mol. The molecule has 0 saturated carbocycles. The SMILES string of the molecule is Cc1nnc(Sc2nc(-c3ccc(Cl)cc3)cs2)s1. The van der Waals surface area contributed by atoms with E-state index < -0.39 is 0 Å². The average molecular weight is 326 g/mol. The molecule has 0 bridgehead atoms. The molecule has 0 amide bonds. The molecule has 0 atom stereocenters. The highest BCUT2D eigenvalue weighted by atomic mass is 35.5. The van der Waals surface area contributed by atoms with Crippen LogP contribution in [0.15, 0.2) is 38.3 Å². The molecule has 0 unspecified atom stereocenters. The van der Waals surface area contributed by atoms with Crippen LogP contribution in [0.4, 0.5) is 0 Å². The highest BCUT2D eigenvalue weighted by Crippen LogP contribution is 2.34. The molecule has 0 aliphatic rings. The van der Waals surface area contributed by atoms with E-state index in [4.69, 9.17) is 11.6 Å². The van der Waals surface area contributed by atoms with Crippen molar-refractivity contribution in [3.05, 3.63) is 39.7 Å². The zero-order valence-electron chi connectivity index (χ0n) is 9.83. The normalized spacial score (nSPS) is 10.8. The monoisotopic (exact) mass is 325 g/mol. The Balaban J connectivity index is 1.81. The number of hydrogen-bond donors (Lipinski definition) is 0.